The molecule has 39 heavy (non-hydrogen) atoms. The van der Waals surface area contributed by atoms with Gasteiger partial charge in [-0.05, 0) is 69.2 Å². The van der Waals surface area contributed by atoms with Gasteiger partial charge in [-0.1, -0.05) is 6.92 Å². The van der Waals surface area contributed by atoms with Crippen molar-refractivity contribution in [2.45, 2.75) is 84.1 Å². The van der Waals surface area contributed by atoms with E-state index in [0.717, 1.165) is 22.1 Å². The van der Waals surface area contributed by atoms with E-state index in [9.17, 15) is 19.5 Å². The van der Waals surface area contributed by atoms with Crippen LogP contribution in [0.5, 0.6) is 0 Å². The molecule has 204 valence electrons. The molecule has 9 heteroatoms. The molecule has 1 aliphatic heterocycles. The highest BCUT2D eigenvalue weighted by Gasteiger charge is 2.44. The van der Waals surface area contributed by atoms with Gasteiger partial charge < -0.3 is 19.7 Å². The molecule has 1 amide bonds. The van der Waals surface area contributed by atoms with Gasteiger partial charge in [0.2, 0.25) is 5.91 Å². The molecule has 6 rings (SSSR count). The number of rotatable bonds is 5. The third-order valence-electron chi connectivity index (χ3n) is 8.64. The van der Waals surface area contributed by atoms with E-state index in [4.69, 9.17) is 9.72 Å². The lowest BCUT2D eigenvalue weighted by Gasteiger charge is -2.32. The van der Waals surface area contributed by atoms with Crippen LogP contribution in [-0.2, 0) is 39.3 Å². The van der Waals surface area contributed by atoms with Gasteiger partial charge in [-0.3, -0.25) is 14.4 Å². The third kappa shape index (κ3) is 3.77. The number of carbonyl (C=O) groups excluding carboxylic acids is 2. The number of amides is 1. The van der Waals surface area contributed by atoms with Gasteiger partial charge in [-0.2, -0.15) is 0 Å². The molecule has 8 nitrogen and oxygen atoms in total. The molecule has 0 fully saturated rings. The molecule has 3 heterocycles. The number of halogens is 1. The first-order valence-electron chi connectivity index (χ1n) is 13.6. The maximum Gasteiger partial charge on any atom is 0.254 e. The summed E-state index contributed by atoms with van der Waals surface area (Å²) in [6.45, 7) is 7.39. The Balaban J connectivity index is 1.57. The van der Waals surface area contributed by atoms with E-state index < -0.39 is 5.60 Å². The first kappa shape index (κ1) is 25.8. The third-order valence-corrected chi connectivity index (χ3v) is 8.64. The zero-order valence-electron chi connectivity index (χ0n) is 22.6. The maximum atomic E-state index is 15.0. The minimum atomic E-state index is -1.72. The topological polar surface area (TPSA) is 111 Å². The van der Waals surface area contributed by atoms with E-state index in [1.807, 2.05) is 13.8 Å². The van der Waals surface area contributed by atoms with Crippen LogP contribution in [0.25, 0.3) is 22.3 Å². The number of pyridine rings is 2. The van der Waals surface area contributed by atoms with Gasteiger partial charge in [0.1, 0.15) is 18.0 Å². The van der Waals surface area contributed by atoms with Crippen LogP contribution in [0, 0.1) is 12.7 Å². The number of Topliss-reactive ketones (excluding diaryl/α,β-unsaturated/α-hetero) is 1. The fourth-order valence-electron chi connectivity index (χ4n) is 6.56. The van der Waals surface area contributed by atoms with Gasteiger partial charge >= 0.3 is 0 Å². The lowest BCUT2D eigenvalue weighted by Crippen LogP contribution is -2.43. The van der Waals surface area contributed by atoms with Crippen LogP contribution in [0.1, 0.15) is 79.5 Å². The fraction of sp³-hybridized carbons (Fsp3) is 0.467. The number of hydrogen-bond acceptors (Lipinski definition) is 6. The SMILES string of the molecule is CC[C@@]1(O)C(=O)CCc2c1cc1n(c2=O)Cc2c-1nc1cc(F)c(C)c3c1c2[C@@H](NC(=O)COC(C)C)CC3. The quantitative estimate of drug-likeness (QED) is 0.406. The summed E-state index contributed by atoms with van der Waals surface area (Å²) in [5.41, 5.74) is 3.37. The first-order valence-corrected chi connectivity index (χ1v) is 13.6. The van der Waals surface area contributed by atoms with Gasteiger partial charge in [0, 0.05) is 34.6 Å². The maximum absolute atomic E-state index is 15.0. The number of ketones is 1. The Hall–Kier alpha value is -3.43. The van der Waals surface area contributed by atoms with Crippen molar-refractivity contribution in [2.75, 3.05) is 6.61 Å². The van der Waals surface area contributed by atoms with Gasteiger partial charge in [-0.25, -0.2) is 9.37 Å². The number of ether oxygens (including phenoxy) is 1. The fourth-order valence-corrected chi connectivity index (χ4v) is 6.56. The van der Waals surface area contributed by atoms with Crippen LogP contribution in [0.3, 0.4) is 0 Å². The highest BCUT2D eigenvalue weighted by atomic mass is 19.1. The van der Waals surface area contributed by atoms with Crippen molar-refractivity contribution < 1.29 is 23.8 Å². The van der Waals surface area contributed by atoms with Crippen LogP contribution < -0.4 is 10.9 Å². The molecule has 1 aromatic carbocycles. The van der Waals surface area contributed by atoms with Crippen LogP contribution in [-0.4, -0.2) is 39.1 Å². The van der Waals surface area contributed by atoms with Crippen LogP contribution in [0.2, 0.25) is 0 Å². The van der Waals surface area contributed by atoms with Crippen LogP contribution >= 0.6 is 0 Å². The number of nitrogens with zero attached hydrogens (tertiary/aromatic N) is 2. The van der Waals surface area contributed by atoms with E-state index in [0.29, 0.717) is 46.4 Å². The van der Waals surface area contributed by atoms with Gasteiger partial charge in [-0.15, -0.1) is 0 Å². The average Bonchev–Trinajstić information content (AvgIpc) is 3.27. The van der Waals surface area contributed by atoms with Gasteiger partial charge in [0.25, 0.3) is 5.56 Å². The molecule has 0 spiro atoms. The van der Waals surface area contributed by atoms with Crippen molar-refractivity contribution >= 4 is 22.6 Å². The van der Waals surface area contributed by atoms with E-state index in [1.165, 1.54) is 6.07 Å². The van der Waals surface area contributed by atoms with E-state index in [-0.39, 0.29) is 67.6 Å². The number of aliphatic hydroxyl groups is 1. The van der Waals surface area contributed by atoms with Crippen molar-refractivity contribution in [1.29, 1.82) is 0 Å². The molecule has 2 aliphatic carbocycles. The summed E-state index contributed by atoms with van der Waals surface area (Å²) in [4.78, 5) is 44.1. The Bertz CT molecular complexity index is 1640. The average molecular weight is 534 g/mol. The van der Waals surface area contributed by atoms with Crippen LogP contribution in [0.4, 0.5) is 4.39 Å². The summed E-state index contributed by atoms with van der Waals surface area (Å²) in [5, 5.41) is 15.2. The van der Waals surface area contributed by atoms with Crippen molar-refractivity contribution in [1.82, 2.24) is 14.9 Å². The molecular weight excluding hydrogens is 501 g/mol. The zero-order valence-corrected chi connectivity index (χ0v) is 22.6. The number of carbonyl (C=O) groups is 2. The molecule has 0 bridgehead atoms. The second-order valence-corrected chi connectivity index (χ2v) is 11.2. The Morgan fingerprint density at radius 3 is 2.72 bits per heavy atom. The summed E-state index contributed by atoms with van der Waals surface area (Å²) in [6.07, 6.45) is 1.60. The number of nitrogens with one attached hydrogen (secondary N) is 1. The predicted octanol–water partition coefficient (Wildman–Crippen LogP) is 3.51. The molecular formula is C30H32FN3O5. The Labute approximate surface area is 225 Å². The Morgan fingerprint density at radius 1 is 1.23 bits per heavy atom. The molecule has 0 saturated carbocycles. The summed E-state index contributed by atoms with van der Waals surface area (Å²) in [6, 6.07) is 2.76. The molecule has 3 aromatic rings. The zero-order chi connectivity index (χ0) is 27.8. The van der Waals surface area contributed by atoms with Crippen molar-refractivity contribution in [2.24, 2.45) is 0 Å². The number of hydrogen-bond donors (Lipinski definition) is 2. The largest absolute Gasteiger partial charge is 0.377 e. The number of aromatic nitrogens is 2. The highest BCUT2D eigenvalue weighted by Crippen LogP contribution is 2.46. The van der Waals surface area contributed by atoms with Crippen LogP contribution in [0.15, 0.2) is 16.9 Å². The molecule has 3 aliphatic rings. The summed E-state index contributed by atoms with van der Waals surface area (Å²) in [7, 11) is 0. The predicted molar refractivity (Wildman–Crippen MR) is 143 cm³/mol. The second-order valence-electron chi connectivity index (χ2n) is 11.2. The Morgan fingerprint density at radius 2 is 2.00 bits per heavy atom. The summed E-state index contributed by atoms with van der Waals surface area (Å²) < 4.78 is 22.2. The standard InChI is InChI=1S/C30H32FN3O5/c1-5-30(38)19-10-23-28-18(12-34(23)29(37)17(19)7-9-24(30)35)27-21(32-25(36)13-39-14(2)3)8-6-16-15(4)20(31)11-22(33-28)26(16)27/h10-11,14,21,38H,5-9,12-13H2,1-4H3,(H,32,36)/t21-,30-/m0/s1. The van der Waals surface area contributed by atoms with Crippen molar-refractivity contribution in [3.05, 3.63) is 61.7 Å². The normalized spacial score (nSPS) is 21.2. The molecule has 0 unspecified atom stereocenters. The molecule has 2 atom stereocenters. The van der Waals surface area contributed by atoms with Crippen molar-refractivity contribution in [3.8, 4) is 11.4 Å². The minimum Gasteiger partial charge on any atom is -0.377 e. The van der Waals surface area contributed by atoms with E-state index >= 15 is 4.39 Å². The molecule has 2 N–H and O–H groups in total. The highest BCUT2D eigenvalue weighted by molar-refractivity contribution is 5.94. The monoisotopic (exact) mass is 533 g/mol. The number of fused-ring (bicyclic) bond motifs is 5. The lowest BCUT2D eigenvalue weighted by atomic mass is 9.77. The van der Waals surface area contributed by atoms with Crippen molar-refractivity contribution in [3.63, 3.8) is 0 Å². The smallest absolute Gasteiger partial charge is 0.254 e. The second kappa shape index (κ2) is 9.06. The molecule has 2 aromatic heterocycles. The Kier molecular flexibility index (Phi) is 6.00. The van der Waals surface area contributed by atoms with Gasteiger partial charge in [0.05, 0.1) is 35.6 Å². The summed E-state index contributed by atoms with van der Waals surface area (Å²) in [5.74, 6) is -0.893. The van der Waals surface area contributed by atoms with Gasteiger partial charge in [0.15, 0.2) is 5.78 Å². The minimum absolute atomic E-state index is 0.0735. The van der Waals surface area contributed by atoms with E-state index in [1.54, 1.807) is 24.5 Å². The molecule has 0 saturated heterocycles. The molecule has 0 radical (unpaired) electrons. The number of benzene rings is 1. The number of aryl methyl sites for hydroxylation is 1. The first-order chi connectivity index (χ1) is 18.5. The summed E-state index contributed by atoms with van der Waals surface area (Å²) >= 11 is 0. The van der Waals surface area contributed by atoms with E-state index in [2.05, 4.69) is 5.32 Å². The lowest BCUT2D eigenvalue weighted by molar-refractivity contribution is -0.140.